The summed E-state index contributed by atoms with van der Waals surface area (Å²) in [6.07, 6.45) is 0. The third kappa shape index (κ3) is 2.84. The Kier molecular flexibility index (Phi) is 3.69. The fourth-order valence-electron chi connectivity index (χ4n) is 2.80. The van der Waals surface area contributed by atoms with E-state index in [2.05, 4.69) is 24.3 Å². The number of thiophene rings is 1. The van der Waals surface area contributed by atoms with Crippen LogP contribution in [0.2, 0.25) is 0 Å². The molecule has 0 unspecified atom stereocenters. The highest BCUT2D eigenvalue weighted by atomic mass is 32.2. The minimum atomic E-state index is -4.09. The van der Waals surface area contributed by atoms with Crippen molar-refractivity contribution in [2.75, 3.05) is 0 Å². The van der Waals surface area contributed by atoms with E-state index in [-0.39, 0.29) is 0 Å². The number of benzene rings is 2. The van der Waals surface area contributed by atoms with Gasteiger partial charge in [0.2, 0.25) is 10.5 Å². The summed E-state index contributed by atoms with van der Waals surface area (Å²) in [5.74, 6) is -0.422. The van der Waals surface area contributed by atoms with Crippen LogP contribution in [0.15, 0.2) is 48.5 Å². The highest BCUT2D eigenvalue weighted by Crippen LogP contribution is 2.35. The van der Waals surface area contributed by atoms with Crippen LogP contribution in [-0.4, -0.2) is 13.0 Å². The van der Waals surface area contributed by atoms with Crippen LogP contribution in [0.1, 0.15) is 5.01 Å². The SMILES string of the molecule is Cc1sc2ccc(-c3cc4ccccc4s3)cc2[n+]1CS(=O)(=O)O. The summed E-state index contributed by atoms with van der Waals surface area (Å²) in [7, 11) is -4.09. The number of fused-ring (bicyclic) bond motifs is 2. The maximum atomic E-state index is 11.3. The van der Waals surface area contributed by atoms with Crippen LogP contribution in [0.25, 0.3) is 30.7 Å². The van der Waals surface area contributed by atoms with Crippen LogP contribution in [0.3, 0.4) is 0 Å². The van der Waals surface area contributed by atoms with Gasteiger partial charge in [0, 0.05) is 22.6 Å². The number of nitrogens with zero attached hydrogens (tertiary/aromatic N) is 1. The Hall–Kier alpha value is -1.80. The van der Waals surface area contributed by atoms with Gasteiger partial charge in [0.25, 0.3) is 5.88 Å². The van der Waals surface area contributed by atoms with Crippen molar-refractivity contribution in [2.24, 2.45) is 0 Å². The second-order valence-corrected chi connectivity index (χ2v) is 9.33. The molecule has 0 saturated carbocycles. The molecule has 0 saturated heterocycles. The van der Waals surface area contributed by atoms with Crippen LogP contribution in [0.5, 0.6) is 0 Å². The minimum absolute atomic E-state index is 0.422. The second kappa shape index (κ2) is 5.63. The van der Waals surface area contributed by atoms with E-state index >= 15 is 0 Å². The first-order valence-corrected chi connectivity index (χ1v) is 10.5. The molecule has 4 rings (SSSR count). The van der Waals surface area contributed by atoms with Crippen LogP contribution in [-0.2, 0) is 16.0 Å². The van der Waals surface area contributed by atoms with Gasteiger partial charge in [-0.2, -0.15) is 13.0 Å². The van der Waals surface area contributed by atoms with Crippen LogP contribution in [0, 0.1) is 6.92 Å². The zero-order valence-electron chi connectivity index (χ0n) is 12.8. The first-order valence-electron chi connectivity index (χ1n) is 7.28. The number of hydrogen-bond donors (Lipinski definition) is 1. The average Bonchev–Trinajstić information content (AvgIpc) is 3.07. The molecule has 2 aromatic heterocycles. The number of thiazole rings is 1. The van der Waals surface area contributed by atoms with Crippen molar-refractivity contribution in [3.05, 3.63) is 53.5 Å². The van der Waals surface area contributed by atoms with Crippen LogP contribution in [0.4, 0.5) is 0 Å². The molecule has 7 heteroatoms. The largest absolute Gasteiger partial charge is 0.326 e. The number of rotatable bonds is 3. The quantitative estimate of drug-likeness (QED) is 0.430. The van der Waals surface area contributed by atoms with Gasteiger partial charge in [0.1, 0.15) is 4.70 Å². The molecule has 0 spiro atoms. The molecule has 0 aliphatic heterocycles. The molecule has 2 heterocycles. The molecule has 122 valence electrons. The lowest BCUT2D eigenvalue weighted by Crippen LogP contribution is -2.38. The maximum absolute atomic E-state index is 11.3. The van der Waals surface area contributed by atoms with E-state index in [1.165, 1.54) is 21.4 Å². The Labute approximate surface area is 147 Å². The summed E-state index contributed by atoms with van der Waals surface area (Å²) in [6, 6.07) is 16.4. The van der Waals surface area contributed by atoms with Gasteiger partial charge in [0.15, 0.2) is 0 Å². The fourth-order valence-corrected chi connectivity index (χ4v) is 5.60. The monoisotopic (exact) mass is 376 g/mol. The lowest BCUT2D eigenvalue weighted by atomic mass is 10.1. The van der Waals surface area contributed by atoms with Crippen LogP contribution >= 0.6 is 22.7 Å². The molecule has 0 fully saturated rings. The van der Waals surface area contributed by atoms with Gasteiger partial charge in [0.05, 0.1) is 0 Å². The molecule has 2 aromatic carbocycles. The van der Waals surface area contributed by atoms with Crippen molar-refractivity contribution in [3.8, 4) is 10.4 Å². The molecule has 0 radical (unpaired) electrons. The molecular formula is C17H14NO3S3+. The standard InChI is InChI=1S/C17H13NO3S3/c1-11-18(10-24(19,20)21)14-8-13(6-7-16(14)22-11)17-9-12-4-2-3-5-15(12)23-17/h2-9H,10H2,1H3/p+1. The normalized spacial score (nSPS) is 12.2. The highest BCUT2D eigenvalue weighted by Gasteiger charge is 2.23. The van der Waals surface area contributed by atoms with Gasteiger partial charge < -0.3 is 0 Å². The Balaban J connectivity index is 1.89. The zero-order valence-corrected chi connectivity index (χ0v) is 15.2. The maximum Gasteiger partial charge on any atom is 0.326 e. The number of hydrogen-bond acceptors (Lipinski definition) is 4. The fraction of sp³-hybridized carbons (Fsp3) is 0.118. The smallest absolute Gasteiger partial charge is 0.281 e. The Morgan fingerprint density at radius 1 is 1.04 bits per heavy atom. The Morgan fingerprint density at radius 3 is 2.58 bits per heavy atom. The van der Waals surface area contributed by atoms with Crippen LogP contribution < -0.4 is 4.57 Å². The third-order valence-corrected chi connectivity index (χ3v) is 6.72. The van der Waals surface area contributed by atoms with E-state index in [1.807, 2.05) is 31.2 Å². The summed E-state index contributed by atoms with van der Waals surface area (Å²) in [6.45, 7) is 1.86. The molecule has 0 aliphatic carbocycles. The predicted molar refractivity (Wildman–Crippen MR) is 99.1 cm³/mol. The van der Waals surface area contributed by atoms with E-state index in [0.29, 0.717) is 0 Å². The Bertz CT molecular complexity index is 1140. The van der Waals surface area contributed by atoms with Gasteiger partial charge in [-0.15, -0.1) is 11.3 Å². The summed E-state index contributed by atoms with van der Waals surface area (Å²) < 4.78 is 35.7. The van der Waals surface area contributed by atoms with Gasteiger partial charge in [-0.3, -0.25) is 4.55 Å². The molecule has 0 atom stereocenters. The predicted octanol–water partition coefficient (Wildman–Crippen LogP) is 4.22. The second-order valence-electron chi connectivity index (χ2n) is 5.59. The first-order chi connectivity index (χ1) is 11.4. The highest BCUT2D eigenvalue weighted by molar-refractivity contribution is 7.84. The van der Waals surface area contributed by atoms with Crippen molar-refractivity contribution < 1.29 is 17.5 Å². The van der Waals surface area contributed by atoms with E-state index in [4.69, 9.17) is 0 Å². The number of aryl methyl sites for hydroxylation is 1. The summed E-state index contributed by atoms with van der Waals surface area (Å²) in [5, 5.41) is 2.04. The van der Waals surface area contributed by atoms with Gasteiger partial charge in [-0.05, 0) is 29.1 Å². The molecule has 0 bridgehead atoms. The molecule has 24 heavy (non-hydrogen) atoms. The van der Waals surface area contributed by atoms with Crippen molar-refractivity contribution in [3.63, 3.8) is 0 Å². The van der Waals surface area contributed by atoms with E-state index in [0.717, 1.165) is 25.7 Å². The molecule has 4 nitrogen and oxygen atoms in total. The molecular weight excluding hydrogens is 362 g/mol. The summed E-state index contributed by atoms with van der Waals surface area (Å²) in [4.78, 5) is 1.14. The van der Waals surface area contributed by atoms with Crippen molar-refractivity contribution >= 4 is 53.1 Å². The Morgan fingerprint density at radius 2 is 1.83 bits per heavy atom. The molecule has 1 N–H and O–H groups in total. The van der Waals surface area contributed by atoms with Gasteiger partial charge >= 0.3 is 10.1 Å². The van der Waals surface area contributed by atoms with Crippen molar-refractivity contribution in [2.45, 2.75) is 12.8 Å². The van der Waals surface area contributed by atoms with E-state index in [1.54, 1.807) is 15.9 Å². The van der Waals surface area contributed by atoms with Gasteiger partial charge in [-0.25, -0.2) is 0 Å². The van der Waals surface area contributed by atoms with Crippen molar-refractivity contribution in [1.29, 1.82) is 0 Å². The number of aromatic nitrogens is 1. The molecule has 0 amide bonds. The van der Waals surface area contributed by atoms with Gasteiger partial charge in [-0.1, -0.05) is 35.6 Å². The van der Waals surface area contributed by atoms with E-state index in [9.17, 15) is 13.0 Å². The topological polar surface area (TPSA) is 58.2 Å². The molecule has 0 aliphatic rings. The average molecular weight is 377 g/mol. The first kappa shape index (κ1) is 15.7. The lowest BCUT2D eigenvalue weighted by molar-refractivity contribution is -0.653. The summed E-state index contributed by atoms with van der Waals surface area (Å²) >= 11 is 3.23. The summed E-state index contributed by atoms with van der Waals surface area (Å²) in [5.41, 5.74) is 1.87. The van der Waals surface area contributed by atoms with E-state index < -0.39 is 16.0 Å². The lowest BCUT2D eigenvalue weighted by Gasteiger charge is -1.97. The molecule has 4 aromatic rings. The van der Waals surface area contributed by atoms with Crippen molar-refractivity contribution in [1.82, 2.24) is 0 Å². The third-order valence-electron chi connectivity index (χ3n) is 3.89. The minimum Gasteiger partial charge on any atom is -0.281 e. The zero-order chi connectivity index (χ0) is 16.9.